The van der Waals surface area contributed by atoms with Crippen LogP contribution in [0.4, 0.5) is 0 Å². The Balaban J connectivity index is 1.47. The first-order valence-electron chi connectivity index (χ1n) is 7.11. The number of likely N-dealkylation sites (tertiary alicyclic amines) is 1. The molecule has 0 aliphatic carbocycles. The van der Waals surface area contributed by atoms with Gasteiger partial charge in [0, 0.05) is 12.6 Å². The minimum Gasteiger partial charge on any atom is -0.486 e. The van der Waals surface area contributed by atoms with Crippen molar-refractivity contribution in [2.75, 3.05) is 33.3 Å². The van der Waals surface area contributed by atoms with E-state index in [1.807, 2.05) is 24.3 Å². The highest BCUT2D eigenvalue weighted by molar-refractivity contribution is 5.40. The molecule has 2 aliphatic rings. The summed E-state index contributed by atoms with van der Waals surface area (Å²) in [7, 11) is 2.19. The lowest BCUT2D eigenvalue weighted by molar-refractivity contribution is 0.0854. The van der Waals surface area contributed by atoms with Crippen molar-refractivity contribution in [1.82, 2.24) is 10.2 Å². The number of para-hydroxylation sites is 2. The maximum absolute atomic E-state index is 5.95. The second-order valence-electron chi connectivity index (χ2n) is 5.48. The van der Waals surface area contributed by atoms with Crippen molar-refractivity contribution in [2.45, 2.75) is 25.0 Å². The SMILES string of the molecule is CN1CCC(NCC2COc3ccccc3O2)CC1. The summed E-state index contributed by atoms with van der Waals surface area (Å²) in [6.45, 7) is 3.87. The Bertz CT molecular complexity index is 416. The lowest BCUT2D eigenvalue weighted by Gasteiger charge is -2.32. The first-order chi connectivity index (χ1) is 9.31. The highest BCUT2D eigenvalue weighted by atomic mass is 16.6. The number of rotatable bonds is 3. The third-order valence-corrected chi connectivity index (χ3v) is 3.92. The van der Waals surface area contributed by atoms with Gasteiger partial charge in [0.15, 0.2) is 11.5 Å². The van der Waals surface area contributed by atoms with Gasteiger partial charge in [-0.15, -0.1) is 0 Å². The Morgan fingerprint density at radius 3 is 2.74 bits per heavy atom. The van der Waals surface area contributed by atoms with Gasteiger partial charge in [0.25, 0.3) is 0 Å². The smallest absolute Gasteiger partial charge is 0.161 e. The van der Waals surface area contributed by atoms with Crippen molar-refractivity contribution in [3.8, 4) is 11.5 Å². The van der Waals surface area contributed by atoms with Gasteiger partial charge in [-0.2, -0.15) is 0 Å². The number of nitrogens with one attached hydrogen (secondary N) is 1. The molecule has 19 heavy (non-hydrogen) atoms. The van der Waals surface area contributed by atoms with Gasteiger partial charge in [-0.3, -0.25) is 0 Å². The van der Waals surface area contributed by atoms with Crippen molar-refractivity contribution in [2.24, 2.45) is 0 Å². The summed E-state index contributed by atoms with van der Waals surface area (Å²) in [5, 5.41) is 3.61. The second-order valence-corrected chi connectivity index (χ2v) is 5.48. The minimum atomic E-state index is 0.120. The van der Waals surface area contributed by atoms with E-state index in [0.717, 1.165) is 18.0 Å². The van der Waals surface area contributed by atoms with Gasteiger partial charge in [0.2, 0.25) is 0 Å². The van der Waals surface area contributed by atoms with E-state index in [-0.39, 0.29) is 6.10 Å². The first kappa shape index (κ1) is 12.8. The minimum absolute atomic E-state index is 0.120. The fourth-order valence-electron chi connectivity index (χ4n) is 2.67. The second kappa shape index (κ2) is 5.80. The van der Waals surface area contributed by atoms with Crippen molar-refractivity contribution in [3.05, 3.63) is 24.3 Å². The number of benzene rings is 1. The number of fused-ring (bicyclic) bond motifs is 1. The molecular weight excluding hydrogens is 240 g/mol. The molecule has 4 nitrogen and oxygen atoms in total. The molecule has 1 unspecified atom stereocenters. The standard InChI is InChI=1S/C15H22N2O2/c1-17-8-6-12(7-9-17)16-10-13-11-18-14-4-2-3-5-15(14)19-13/h2-5,12-13,16H,6-11H2,1H3. The van der Waals surface area contributed by atoms with Gasteiger partial charge in [0.1, 0.15) is 12.7 Å². The fraction of sp³-hybridized carbons (Fsp3) is 0.600. The summed E-state index contributed by atoms with van der Waals surface area (Å²) in [4.78, 5) is 2.38. The molecule has 4 heteroatoms. The van der Waals surface area contributed by atoms with Gasteiger partial charge < -0.3 is 19.7 Å². The zero-order valence-electron chi connectivity index (χ0n) is 11.5. The van der Waals surface area contributed by atoms with E-state index < -0.39 is 0 Å². The number of hydrogen-bond acceptors (Lipinski definition) is 4. The van der Waals surface area contributed by atoms with E-state index >= 15 is 0 Å². The molecular formula is C15H22N2O2. The molecule has 1 fully saturated rings. The molecule has 0 radical (unpaired) electrons. The third-order valence-electron chi connectivity index (χ3n) is 3.92. The quantitative estimate of drug-likeness (QED) is 0.895. The van der Waals surface area contributed by atoms with Crippen LogP contribution in [0.1, 0.15) is 12.8 Å². The van der Waals surface area contributed by atoms with Gasteiger partial charge in [-0.1, -0.05) is 12.1 Å². The molecule has 0 amide bonds. The molecule has 1 N–H and O–H groups in total. The molecule has 1 atom stereocenters. The Kier molecular flexibility index (Phi) is 3.89. The van der Waals surface area contributed by atoms with Crippen LogP contribution >= 0.6 is 0 Å². The average molecular weight is 262 g/mol. The van der Waals surface area contributed by atoms with Gasteiger partial charge in [-0.25, -0.2) is 0 Å². The molecule has 1 aromatic rings. The van der Waals surface area contributed by atoms with Gasteiger partial charge in [0.05, 0.1) is 0 Å². The molecule has 104 valence electrons. The predicted octanol–water partition coefficient (Wildman–Crippen LogP) is 1.51. The number of piperidine rings is 1. The zero-order chi connectivity index (χ0) is 13.1. The number of hydrogen-bond donors (Lipinski definition) is 1. The Morgan fingerprint density at radius 2 is 1.95 bits per heavy atom. The van der Waals surface area contributed by atoms with Crippen molar-refractivity contribution < 1.29 is 9.47 Å². The van der Waals surface area contributed by atoms with E-state index in [1.54, 1.807) is 0 Å². The van der Waals surface area contributed by atoms with Crippen molar-refractivity contribution in [3.63, 3.8) is 0 Å². The largest absolute Gasteiger partial charge is 0.486 e. The number of ether oxygens (including phenoxy) is 2. The third kappa shape index (κ3) is 3.19. The van der Waals surface area contributed by atoms with Crippen LogP contribution in [0.15, 0.2) is 24.3 Å². The number of nitrogens with zero attached hydrogens (tertiary/aromatic N) is 1. The van der Waals surface area contributed by atoms with E-state index in [4.69, 9.17) is 9.47 Å². The highest BCUT2D eigenvalue weighted by Gasteiger charge is 2.22. The summed E-state index contributed by atoms with van der Waals surface area (Å²) >= 11 is 0. The van der Waals surface area contributed by atoms with E-state index in [0.29, 0.717) is 12.6 Å². The summed E-state index contributed by atoms with van der Waals surface area (Å²) < 4.78 is 11.7. The van der Waals surface area contributed by atoms with Crippen molar-refractivity contribution in [1.29, 1.82) is 0 Å². The lowest BCUT2D eigenvalue weighted by atomic mass is 10.1. The van der Waals surface area contributed by atoms with Gasteiger partial charge in [-0.05, 0) is 45.1 Å². The normalized spacial score (nSPS) is 24.4. The van der Waals surface area contributed by atoms with Gasteiger partial charge >= 0.3 is 0 Å². The Hall–Kier alpha value is -1.26. The molecule has 0 spiro atoms. The molecule has 0 aromatic heterocycles. The Labute approximate surface area is 114 Å². The van der Waals surface area contributed by atoms with Crippen molar-refractivity contribution >= 4 is 0 Å². The Morgan fingerprint density at radius 1 is 1.21 bits per heavy atom. The fourth-order valence-corrected chi connectivity index (χ4v) is 2.67. The highest BCUT2D eigenvalue weighted by Crippen LogP contribution is 2.30. The maximum atomic E-state index is 5.95. The maximum Gasteiger partial charge on any atom is 0.161 e. The van der Waals surface area contributed by atoms with Crippen LogP contribution in [0.2, 0.25) is 0 Å². The summed E-state index contributed by atoms with van der Waals surface area (Å²) in [5.41, 5.74) is 0. The summed E-state index contributed by atoms with van der Waals surface area (Å²) in [6, 6.07) is 8.50. The van der Waals surface area contributed by atoms with Crippen LogP contribution in [-0.2, 0) is 0 Å². The van der Waals surface area contributed by atoms with E-state index in [1.165, 1.54) is 25.9 Å². The van der Waals surface area contributed by atoms with Crippen LogP contribution in [0.3, 0.4) is 0 Å². The molecule has 1 aromatic carbocycles. The lowest BCUT2D eigenvalue weighted by Crippen LogP contribution is -2.46. The predicted molar refractivity (Wildman–Crippen MR) is 74.9 cm³/mol. The van der Waals surface area contributed by atoms with Crippen LogP contribution < -0.4 is 14.8 Å². The molecule has 2 aliphatic heterocycles. The molecule has 1 saturated heterocycles. The molecule has 2 heterocycles. The summed E-state index contributed by atoms with van der Waals surface area (Å²) in [6.07, 6.45) is 2.57. The van der Waals surface area contributed by atoms with Crippen LogP contribution in [0.25, 0.3) is 0 Å². The van der Waals surface area contributed by atoms with Crippen LogP contribution in [0, 0.1) is 0 Å². The topological polar surface area (TPSA) is 33.7 Å². The van der Waals surface area contributed by atoms with Crippen LogP contribution in [-0.4, -0.2) is 50.3 Å². The molecule has 3 rings (SSSR count). The average Bonchev–Trinajstić information content (AvgIpc) is 2.46. The summed E-state index contributed by atoms with van der Waals surface area (Å²) in [5.74, 6) is 1.72. The molecule has 0 bridgehead atoms. The monoisotopic (exact) mass is 262 g/mol. The van der Waals surface area contributed by atoms with E-state index in [2.05, 4.69) is 17.3 Å². The first-order valence-corrected chi connectivity index (χ1v) is 7.11. The van der Waals surface area contributed by atoms with E-state index in [9.17, 15) is 0 Å². The van der Waals surface area contributed by atoms with Crippen LogP contribution in [0.5, 0.6) is 11.5 Å². The zero-order valence-corrected chi connectivity index (χ0v) is 11.5. The molecule has 0 saturated carbocycles.